The maximum atomic E-state index is 12.7. The topological polar surface area (TPSA) is 96.7 Å². The van der Waals surface area contributed by atoms with Crippen molar-refractivity contribution >= 4 is 34.5 Å². The van der Waals surface area contributed by atoms with Crippen molar-refractivity contribution in [3.63, 3.8) is 0 Å². The summed E-state index contributed by atoms with van der Waals surface area (Å²) in [6.45, 7) is 0. The van der Waals surface area contributed by atoms with E-state index in [1.165, 1.54) is 18.1 Å². The molecule has 4 aromatic rings. The molecule has 0 aliphatic heterocycles. The molecule has 7 nitrogen and oxygen atoms in total. The van der Waals surface area contributed by atoms with Gasteiger partial charge in [0, 0.05) is 22.9 Å². The minimum absolute atomic E-state index is 0.277. The number of para-hydroxylation sites is 1. The Balaban J connectivity index is 1.67. The first-order valence-corrected chi connectivity index (χ1v) is 8.51. The Morgan fingerprint density at radius 3 is 2.84 bits per heavy atom. The summed E-state index contributed by atoms with van der Waals surface area (Å²) >= 11 is 1.45. The summed E-state index contributed by atoms with van der Waals surface area (Å²) in [7, 11) is 0. The van der Waals surface area contributed by atoms with E-state index in [9.17, 15) is 4.79 Å². The number of aromatic amines is 1. The summed E-state index contributed by atoms with van der Waals surface area (Å²) < 4.78 is 5.80. The van der Waals surface area contributed by atoms with Gasteiger partial charge < -0.3 is 9.73 Å². The van der Waals surface area contributed by atoms with Crippen LogP contribution in [0.2, 0.25) is 0 Å². The number of rotatable bonds is 5. The SMILES string of the molecule is O=C(Nc1ccccn1)c1oc2ccccc2c1CSc1ncn[nH]1. The number of H-pyrrole nitrogens is 1. The number of nitrogens with zero attached hydrogens (tertiary/aromatic N) is 3. The van der Waals surface area contributed by atoms with E-state index in [0.717, 1.165) is 10.9 Å². The maximum absolute atomic E-state index is 12.7. The Bertz CT molecular complexity index is 999. The fourth-order valence-electron chi connectivity index (χ4n) is 2.44. The molecule has 0 unspecified atom stereocenters. The third-order valence-electron chi connectivity index (χ3n) is 3.56. The van der Waals surface area contributed by atoms with Gasteiger partial charge in [0.2, 0.25) is 0 Å². The predicted molar refractivity (Wildman–Crippen MR) is 94.3 cm³/mol. The molecule has 0 spiro atoms. The number of hydrogen-bond acceptors (Lipinski definition) is 6. The molecule has 0 saturated carbocycles. The van der Waals surface area contributed by atoms with Gasteiger partial charge in [-0.1, -0.05) is 36.0 Å². The maximum Gasteiger partial charge on any atom is 0.292 e. The first-order valence-electron chi connectivity index (χ1n) is 7.52. The average molecular weight is 351 g/mol. The normalized spacial score (nSPS) is 10.9. The number of pyridine rings is 1. The van der Waals surface area contributed by atoms with Crippen LogP contribution in [-0.2, 0) is 5.75 Å². The molecule has 3 aromatic heterocycles. The molecule has 1 aromatic carbocycles. The monoisotopic (exact) mass is 351 g/mol. The Kier molecular flexibility index (Phi) is 4.17. The van der Waals surface area contributed by atoms with Crippen molar-refractivity contribution in [2.24, 2.45) is 0 Å². The fourth-order valence-corrected chi connectivity index (χ4v) is 3.25. The third kappa shape index (κ3) is 3.24. The minimum atomic E-state index is -0.330. The molecule has 25 heavy (non-hydrogen) atoms. The molecule has 0 bridgehead atoms. The molecule has 0 fully saturated rings. The second kappa shape index (κ2) is 6.78. The molecule has 8 heteroatoms. The molecule has 0 saturated heterocycles. The summed E-state index contributed by atoms with van der Waals surface area (Å²) in [6, 6.07) is 12.9. The van der Waals surface area contributed by atoms with E-state index in [0.29, 0.717) is 22.3 Å². The molecule has 2 N–H and O–H groups in total. The molecule has 0 aliphatic rings. The summed E-state index contributed by atoms with van der Waals surface area (Å²) in [5, 5.41) is 11.0. The smallest absolute Gasteiger partial charge is 0.292 e. The van der Waals surface area contributed by atoms with E-state index in [1.54, 1.807) is 18.3 Å². The number of hydrogen-bond donors (Lipinski definition) is 2. The minimum Gasteiger partial charge on any atom is -0.451 e. The van der Waals surface area contributed by atoms with Crippen LogP contribution in [0, 0.1) is 0 Å². The summed E-state index contributed by atoms with van der Waals surface area (Å²) in [5.74, 6) is 0.945. The molecule has 0 radical (unpaired) electrons. The largest absolute Gasteiger partial charge is 0.451 e. The molecule has 1 amide bonds. The van der Waals surface area contributed by atoms with Gasteiger partial charge in [-0.3, -0.25) is 9.89 Å². The number of benzene rings is 1. The average Bonchev–Trinajstić information content (AvgIpc) is 3.28. The molecule has 4 rings (SSSR count). The highest BCUT2D eigenvalue weighted by Crippen LogP contribution is 2.31. The zero-order valence-corrected chi connectivity index (χ0v) is 13.8. The number of fused-ring (bicyclic) bond motifs is 1. The van der Waals surface area contributed by atoms with Gasteiger partial charge in [-0.25, -0.2) is 9.97 Å². The lowest BCUT2D eigenvalue weighted by molar-refractivity contribution is 0.0997. The van der Waals surface area contributed by atoms with E-state index >= 15 is 0 Å². The van der Waals surface area contributed by atoms with Crippen LogP contribution in [0.5, 0.6) is 0 Å². The van der Waals surface area contributed by atoms with Crippen molar-refractivity contribution in [2.45, 2.75) is 10.9 Å². The molecule has 0 aliphatic carbocycles. The van der Waals surface area contributed by atoms with Gasteiger partial charge in [-0.2, -0.15) is 5.10 Å². The van der Waals surface area contributed by atoms with Crippen LogP contribution in [0.1, 0.15) is 16.1 Å². The fraction of sp³-hybridized carbons (Fsp3) is 0.0588. The Labute approximate surface area is 146 Å². The van der Waals surface area contributed by atoms with Gasteiger partial charge >= 0.3 is 0 Å². The van der Waals surface area contributed by atoms with E-state index in [-0.39, 0.29) is 11.7 Å². The Hall–Kier alpha value is -3.13. The number of thioether (sulfide) groups is 1. The van der Waals surface area contributed by atoms with Crippen molar-refractivity contribution < 1.29 is 9.21 Å². The van der Waals surface area contributed by atoms with Gasteiger partial charge in [0.1, 0.15) is 17.7 Å². The van der Waals surface area contributed by atoms with Gasteiger partial charge in [0.25, 0.3) is 5.91 Å². The predicted octanol–water partition coefficient (Wildman–Crippen LogP) is 3.49. The number of nitrogens with one attached hydrogen (secondary N) is 2. The Morgan fingerprint density at radius 2 is 2.04 bits per heavy atom. The second-order valence-electron chi connectivity index (χ2n) is 5.15. The van der Waals surface area contributed by atoms with Crippen molar-refractivity contribution in [3.8, 4) is 0 Å². The summed E-state index contributed by atoms with van der Waals surface area (Å²) in [5.41, 5.74) is 1.48. The third-order valence-corrected chi connectivity index (χ3v) is 4.46. The summed E-state index contributed by atoms with van der Waals surface area (Å²) in [6.07, 6.45) is 3.07. The zero-order chi connectivity index (χ0) is 17.1. The first-order chi connectivity index (χ1) is 12.3. The van der Waals surface area contributed by atoms with Crippen molar-refractivity contribution in [1.29, 1.82) is 0 Å². The highest BCUT2D eigenvalue weighted by Gasteiger charge is 2.21. The lowest BCUT2D eigenvalue weighted by Crippen LogP contribution is -2.13. The molecule has 0 atom stereocenters. The van der Waals surface area contributed by atoms with E-state index in [1.807, 2.05) is 30.3 Å². The number of aromatic nitrogens is 4. The van der Waals surface area contributed by atoms with Crippen molar-refractivity contribution in [1.82, 2.24) is 20.2 Å². The van der Waals surface area contributed by atoms with Crippen LogP contribution in [0.4, 0.5) is 5.82 Å². The van der Waals surface area contributed by atoms with Crippen LogP contribution in [-0.4, -0.2) is 26.1 Å². The molecular weight excluding hydrogens is 338 g/mol. The molecule has 124 valence electrons. The number of carbonyl (C=O) groups is 1. The van der Waals surface area contributed by atoms with E-state index < -0.39 is 0 Å². The number of furan rings is 1. The van der Waals surface area contributed by atoms with Crippen molar-refractivity contribution in [2.75, 3.05) is 5.32 Å². The van der Waals surface area contributed by atoms with Crippen LogP contribution in [0.25, 0.3) is 11.0 Å². The number of amides is 1. The summed E-state index contributed by atoms with van der Waals surface area (Å²) in [4.78, 5) is 20.9. The number of carbonyl (C=O) groups excluding carboxylic acids is 1. The first kappa shape index (κ1) is 15.4. The van der Waals surface area contributed by atoms with Gasteiger partial charge in [0.05, 0.1) is 0 Å². The number of anilines is 1. The lowest BCUT2D eigenvalue weighted by Gasteiger charge is -2.04. The quantitative estimate of drug-likeness (QED) is 0.534. The Morgan fingerprint density at radius 1 is 1.16 bits per heavy atom. The van der Waals surface area contributed by atoms with Gasteiger partial charge in [-0.15, -0.1) is 0 Å². The van der Waals surface area contributed by atoms with Crippen LogP contribution in [0.3, 0.4) is 0 Å². The van der Waals surface area contributed by atoms with E-state index in [4.69, 9.17) is 4.42 Å². The highest BCUT2D eigenvalue weighted by molar-refractivity contribution is 7.98. The zero-order valence-electron chi connectivity index (χ0n) is 13.0. The van der Waals surface area contributed by atoms with Crippen LogP contribution < -0.4 is 5.32 Å². The lowest BCUT2D eigenvalue weighted by atomic mass is 10.1. The van der Waals surface area contributed by atoms with Crippen LogP contribution >= 0.6 is 11.8 Å². The van der Waals surface area contributed by atoms with Crippen molar-refractivity contribution in [3.05, 3.63) is 66.3 Å². The standard InChI is InChI=1S/C17H13N5O2S/c23-16(21-14-7-3-4-8-18-14)15-12(9-25-17-19-10-20-22-17)11-5-1-2-6-13(11)24-15/h1-8,10H,9H2,(H,18,21,23)(H,19,20,22). The highest BCUT2D eigenvalue weighted by atomic mass is 32.2. The van der Waals surface area contributed by atoms with Crippen LogP contribution in [0.15, 0.2) is 64.6 Å². The van der Waals surface area contributed by atoms with E-state index in [2.05, 4.69) is 25.5 Å². The van der Waals surface area contributed by atoms with Gasteiger partial charge in [0.15, 0.2) is 10.9 Å². The van der Waals surface area contributed by atoms with Gasteiger partial charge in [-0.05, 0) is 18.2 Å². The molecule has 3 heterocycles. The second-order valence-corrected chi connectivity index (χ2v) is 6.12. The molecular formula is C17H13N5O2S.